The molecule has 1 amide bonds. The lowest BCUT2D eigenvalue weighted by atomic mass is 9.95. The molecule has 3 heterocycles. The van der Waals surface area contributed by atoms with E-state index in [0.717, 1.165) is 57.1 Å². The van der Waals surface area contributed by atoms with Gasteiger partial charge in [0.05, 0.1) is 13.2 Å². The van der Waals surface area contributed by atoms with E-state index < -0.39 is 0 Å². The molecule has 0 unspecified atom stereocenters. The number of amides is 1. The van der Waals surface area contributed by atoms with Crippen molar-refractivity contribution in [3.05, 3.63) is 70.9 Å². The average Bonchev–Trinajstić information content (AvgIpc) is 3.18. The summed E-state index contributed by atoms with van der Waals surface area (Å²) in [5, 5.41) is 2.04. The lowest BCUT2D eigenvalue weighted by Gasteiger charge is -2.35. The highest BCUT2D eigenvalue weighted by molar-refractivity contribution is 6.30. The molecule has 0 atom stereocenters. The van der Waals surface area contributed by atoms with Crippen molar-refractivity contribution in [3.63, 3.8) is 0 Å². The van der Waals surface area contributed by atoms with E-state index in [4.69, 9.17) is 16.3 Å². The summed E-state index contributed by atoms with van der Waals surface area (Å²) in [6.45, 7) is 6.47. The van der Waals surface area contributed by atoms with Gasteiger partial charge in [-0.15, -0.1) is 0 Å². The van der Waals surface area contributed by atoms with Crippen molar-refractivity contribution < 1.29 is 9.53 Å². The Balaban J connectivity index is 1.28. The first kappa shape index (κ1) is 21.5. The number of morpholine rings is 1. The number of aromatic nitrogens is 1. The van der Waals surface area contributed by atoms with Crippen LogP contribution < -0.4 is 0 Å². The van der Waals surface area contributed by atoms with Crippen molar-refractivity contribution in [3.8, 4) is 0 Å². The Bertz CT molecular complexity index is 1060. The number of rotatable bonds is 5. The summed E-state index contributed by atoms with van der Waals surface area (Å²) in [5.41, 5.74) is 3.82. The minimum atomic E-state index is 0.157. The number of ether oxygens (including phenoxy) is 1. The van der Waals surface area contributed by atoms with Crippen LogP contribution in [-0.4, -0.2) is 59.7 Å². The second kappa shape index (κ2) is 9.65. The molecule has 0 bridgehead atoms. The lowest BCUT2D eigenvalue weighted by molar-refractivity contribution is -0.141. The third-order valence-corrected chi connectivity index (χ3v) is 7.05. The Labute approximate surface area is 194 Å². The Morgan fingerprint density at radius 2 is 1.66 bits per heavy atom. The summed E-state index contributed by atoms with van der Waals surface area (Å²) in [7, 11) is 0. The Hall–Kier alpha value is -2.34. The van der Waals surface area contributed by atoms with E-state index in [1.165, 1.54) is 22.2 Å². The van der Waals surface area contributed by atoms with Crippen molar-refractivity contribution in [1.29, 1.82) is 0 Å². The molecule has 3 aromatic rings. The zero-order valence-electron chi connectivity index (χ0n) is 18.4. The minimum absolute atomic E-state index is 0.157. The van der Waals surface area contributed by atoms with Gasteiger partial charge in [0.1, 0.15) is 0 Å². The number of fused-ring (bicyclic) bond motifs is 1. The maximum absolute atomic E-state index is 12.9. The predicted octanol–water partition coefficient (Wildman–Crippen LogP) is 4.41. The second-order valence-electron chi connectivity index (χ2n) is 8.90. The molecular weight excluding hydrogens is 422 g/mol. The molecule has 0 saturated carbocycles. The molecule has 0 aliphatic carbocycles. The van der Waals surface area contributed by atoms with Crippen LogP contribution in [0.25, 0.3) is 10.9 Å². The Morgan fingerprint density at radius 1 is 0.938 bits per heavy atom. The van der Waals surface area contributed by atoms with Crippen LogP contribution in [-0.2, 0) is 22.6 Å². The smallest absolute Gasteiger partial charge is 0.225 e. The largest absolute Gasteiger partial charge is 0.378 e. The van der Waals surface area contributed by atoms with Gasteiger partial charge in [0.2, 0.25) is 5.91 Å². The topological polar surface area (TPSA) is 37.7 Å². The molecule has 5 rings (SSSR count). The second-order valence-corrected chi connectivity index (χ2v) is 9.33. The first-order valence-corrected chi connectivity index (χ1v) is 12.0. The van der Waals surface area contributed by atoms with E-state index in [1.54, 1.807) is 0 Å². The maximum atomic E-state index is 12.9. The molecular formula is C26H30ClN3O2. The number of benzene rings is 2. The summed E-state index contributed by atoms with van der Waals surface area (Å²) in [4.78, 5) is 17.3. The Morgan fingerprint density at radius 3 is 2.41 bits per heavy atom. The Kier molecular flexibility index (Phi) is 6.49. The van der Waals surface area contributed by atoms with Crippen molar-refractivity contribution in [1.82, 2.24) is 14.4 Å². The third-order valence-electron chi connectivity index (χ3n) is 6.80. The summed E-state index contributed by atoms with van der Waals surface area (Å²) in [6.07, 6.45) is 1.88. The van der Waals surface area contributed by atoms with Crippen LogP contribution in [0.1, 0.15) is 24.1 Å². The van der Waals surface area contributed by atoms with Gasteiger partial charge in [-0.25, -0.2) is 0 Å². The number of piperidine rings is 1. The fourth-order valence-corrected chi connectivity index (χ4v) is 5.09. The number of hydrogen-bond acceptors (Lipinski definition) is 3. The third kappa shape index (κ3) is 4.70. The van der Waals surface area contributed by atoms with Crippen molar-refractivity contribution in [2.45, 2.75) is 25.9 Å². The number of nitrogens with zero attached hydrogens (tertiary/aromatic N) is 3. The highest BCUT2D eigenvalue weighted by Crippen LogP contribution is 2.26. The fourth-order valence-electron chi connectivity index (χ4n) is 4.97. The van der Waals surface area contributed by atoms with Crippen molar-refractivity contribution in [2.75, 3.05) is 39.4 Å². The van der Waals surface area contributed by atoms with Crippen LogP contribution in [0.4, 0.5) is 0 Å². The van der Waals surface area contributed by atoms with Gasteiger partial charge in [0, 0.05) is 48.3 Å². The number of carbonyl (C=O) groups is 1. The maximum Gasteiger partial charge on any atom is 0.225 e. The van der Waals surface area contributed by atoms with E-state index in [9.17, 15) is 4.79 Å². The minimum Gasteiger partial charge on any atom is -0.378 e. The number of halogens is 1. The molecule has 168 valence electrons. The molecule has 2 aliphatic rings. The highest BCUT2D eigenvalue weighted by atomic mass is 35.5. The summed E-state index contributed by atoms with van der Waals surface area (Å²) >= 11 is 6.09. The summed E-state index contributed by atoms with van der Waals surface area (Å²) in [6, 6.07) is 19.0. The van der Waals surface area contributed by atoms with E-state index in [2.05, 4.69) is 51.9 Å². The highest BCUT2D eigenvalue weighted by Gasteiger charge is 2.29. The zero-order chi connectivity index (χ0) is 21.9. The molecule has 2 saturated heterocycles. The molecule has 0 N–H and O–H groups in total. The standard InChI is InChI=1S/C26H30ClN3O2/c27-23-7-5-20(6-8-23)18-30-24(17-22-3-1-2-4-25(22)30)19-28-11-9-21(10-12-28)26(31)29-13-15-32-16-14-29/h1-8,17,21H,9-16,18-19H2. The van der Waals surface area contributed by atoms with Gasteiger partial charge < -0.3 is 14.2 Å². The molecule has 5 nitrogen and oxygen atoms in total. The summed E-state index contributed by atoms with van der Waals surface area (Å²) < 4.78 is 7.81. The van der Waals surface area contributed by atoms with Crippen LogP contribution in [0, 0.1) is 5.92 Å². The SMILES string of the molecule is O=C(C1CCN(Cc2cc3ccccc3n2Cc2ccc(Cl)cc2)CC1)N1CCOCC1. The molecule has 2 fully saturated rings. The van der Waals surface area contributed by atoms with E-state index >= 15 is 0 Å². The number of para-hydroxylation sites is 1. The van der Waals surface area contributed by atoms with Gasteiger partial charge in [-0.2, -0.15) is 0 Å². The van der Waals surface area contributed by atoms with Gasteiger partial charge in [0.25, 0.3) is 0 Å². The lowest BCUT2D eigenvalue weighted by Crippen LogP contribution is -2.46. The van der Waals surface area contributed by atoms with Crippen LogP contribution in [0.2, 0.25) is 5.02 Å². The van der Waals surface area contributed by atoms with E-state index in [0.29, 0.717) is 19.1 Å². The van der Waals surface area contributed by atoms with Crippen LogP contribution in [0.5, 0.6) is 0 Å². The van der Waals surface area contributed by atoms with Crippen molar-refractivity contribution >= 4 is 28.4 Å². The predicted molar refractivity (Wildman–Crippen MR) is 128 cm³/mol. The molecule has 0 spiro atoms. The fraction of sp³-hybridized carbons (Fsp3) is 0.423. The van der Waals surface area contributed by atoms with Gasteiger partial charge in [-0.3, -0.25) is 9.69 Å². The zero-order valence-corrected chi connectivity index (χ0v) is 19.1. The molecule has 2 aromatic carbocycles. The summed E-state index contributed by atoms with van der Waals surface area (Å²) in [5.74, 6) is 0.481. The first-order valence-electron chi connectivity index (χ1n) is 11.6. The molecule has 32 heavy (non-hydrogen) atoms. The van der Waals surface area contributed by atoms with Gasteiger partial charge in [-0.1, -0.05) is 41.9 Å². The molecule has 2 aliphatic heterocycles. The number of likely N-dealkylation sites (tertiary alicyclic amines) is 1. The van der Waals surface area contributed by atoms with Crippen molar-refractivity contribution in [2.24, 2.45) is 5.92 Å². The molecule has 1 aromatic heterocycles. The monoisotopic (exact) mass is 451 g/mol. The average molecular weight is 452 g/mol. The van der Waals surface area contributed by atoms with Gasteiger partial charge in [0.15, 0.2) is 0 Å². The van der Waals surface area contributed by atoms with E-state index in [-0.39, 0.29) is 5.92 Å². The molecule has 6 heteroatoms. The van der Waals surface area contributed by atoms with Gasteiger partial charge >= 0.3 is 0 Å². The van der Waals surface area contributed by atoms with Gasteiger partial charge in [-0.05, 0) is 61.1 Å². The first-order chi connectivity index (χ1) is 15.7. The quantitative estimate of drug-likeness (QED) is 0.576. The van der Waals surface area contributed by atoms with Crippen LogP contribution >= 0.6 is 11.6 Å². The van der Waals surface area contributed by atoms with E-state index in [1.807, 2.05) is 17.0 Å². The normalized spacial score (nSPS) is 18.3. The van der Waals surface area contributed by atoms with Crippen LogP contribution in [0.3, 0.4) is 0 Å². The molecule has 0 radical (unpaired) electrons. The number of carbonyl (C=O) groups excluding carboxylic acids is 1. The number of hydrogen-bond donors (Lipinski definition) is 0. The van der Waals surface area contributed by atoms with Crippen LogP contribution in [0.15, 0.2) is 54.6 Å².